The van der Waals surface area contributed by atoms with Gasteiger partial charge in [0.05, 0.1) is 11.0 Å². The highest BCUT2D eigenvalue weighted by molar-refractivity contribution is 5.89. The maximum atomic E-state index is 12.3. The van der Waals surface area contributed by atoms with Crippen molar-refractivity contribution in [1.82, 2.24) is 9.80 Å². The number of urea groups is 1. The molecular formula is C15H22N4O4. The van der Waals surface area contributed by atoms with Gasteiger partial charge in [-0.25, -0.2) is 4.79 Å². The van der Waals surface area contributed by atoms with Gasteiger partial charge in [-0.2, -0.15) is 0 Å². The Labute approximate surface area is 134 Å². The highest BCUT2D eigenvalue weighted by Crippen LogP contribution is 2.17. The normalized spacial score (nSPS) is 20.1. The maximum Gasteiger partial charge on any atom is 0.322 e. The SMILES string of the molecule is CC(O)CN1CCN(C(=O)Nc2ccc([N+](=O)[O-])cc2)C(C)C1. The lowest BCUT2D eigenvalue weighted by Gasteiger charge is -2.40. The molecule has 1 saturated heterocycles. The Morgan fingerprint density at radius 2 is 2.09 bits per heavy atom. The topological polar surface area (TPSA) is 99.0 Å². The summed E-state index contributed by atoms with van der Waals surface area (Å²) in [6, 6.07) is 5.57. The molecule has 2 rings (SSSR count). The van der Waals surface area contributed by atoms with Crippen LogP contribution in [0.5, 0.6) is 0 Å². The summed E-state index contributed by atoms with van der Waals surface area (Å²) in [5.41, 5.74) is 0.516. The summed E-state index contributed by atoms with van der Waals surface area (Å²) in [4.78, 5) is 26.3. The van der Waals surface area contributed by atoms with Crippen LogP contribution in [0.25, 0.3) is 0 Å². The van der Waals surface area contributed by atoms with E-state index in [9.17, 15) is 20.0 Å². The second-order valence-electron chi connectivity index (χ2n) is 5.89. The summed E-state index contributed by atoms with van der Waals surface area (Å²) in [5.74, 6) is 0. The molecule has 1 aliphatic rings. The van der Waals surface area contributed by atoms with Crippen molar-refractivity contribution in [1.29, 1.82) is 0 Å². The third-order valence-electron chi connectivity index (χ3n) is 3.82. The Morgan fingerprint density at radius 1 is 1.43 bits per heavy atom. The number of hydrogen-bond donors (Lipinski definition) is 2. The van der Waals surface area contributed by atoms with Gasteiger partial charge in [0.2, 0.25) is 0 Å². The molecule has 2 unspecified atom stereocenters. The van der Waals surface area contributed by atoms with Crippen LogP contribution >= 0.6 is 0 Å². The number of non-ortho nitro benzene ring substituents is 1. The van der Waals surface area contributed by atoms with E-state index < -0.39 is 4.92 Å². The van der Waals surface area contributed by atoms with Gasteiger partial charge in [-0.3, -0.25) is 15.0 Å². The Bertz CT molecular complexity index is 561. The number of amides is 2. The van der Waals surface area contributed by atoms with Crippen LogP contribution in [-0.2, 0) is 0 Å². The van der Waals surface area contributed by atoms with Crippen LogP contribution in [0.3, 0.4) is 0 Å². The Kier molecular flexibility index (Phi) is 5.51. The standard InChI is InChI=1S/C15H22N4O4/c1-11-9-17(10-12(2)20)7-8-18(11)15(21)16-13-3-5-14(6-4-13)19(22)23/h3-6,11-12,20H,7-10H2,1-2H3,(H,16,21). The first-order valence-electron chi connectivity index (χ1n) is 7.59. The monoisotopic (exact) mass is 322 g/mol. The van der Waals surface area contributed by atoms with E-state index in [1.807, 2.05) is 6.92 Å². The van der Waals surface area contributed by atoms with Gasteiger partial charge in [-0.1, -0.05) is 0 Å². The number of anilines is 1. The van der Waals surface area contributed by atoms with Gasteiger partial charge in [-0.15, -0.1) is 0 Å². The molecule has 2 amide bonds. The Balaban J connectivity index is 1.92. The lowest BCUT2D eigenvalue weighted by Crippen LogP contribution is -2.56. The minimum atomic E-state index is -0.477. The van der Waals surface area contributed by atoms with Crippen LogP contribution in [-0.4, -0.2) is 64.2 Å². The molecular weight excluding hydrogens is 300 g/mol. The van der Waals surface area contributed by atoms with Crippen LogP contribution in [0.2, 0.25) is 0 Å². The summed E-state index contributed by atoms with van der Waals surface area (Å²) in [5, 5.41) is 22.8. The van der Waals surface area contributed by atoms with Crippen molar-refractivity contribution in [2.45, 2.75) is 26.0 Å². The first-order valence-corrected chi connectivity index (χ1v) is 7.59. The first kappa shape index (κ1) is 17.2. The number of aliphatic hydroxyl groups excluding tert-OH is 1. The number of hydrogen-bond acceptors (Lipinski definition) is 5. The van der Waals surface area contributed by atoms with Crippen LogP contribution in [0, 0.1) is 10.1 Å². The second-order valence-corrected chi connectivity index (χ2v) is 5.89. The fourth-order valence-corrected chi connectivity index (χ4v) is 2.74. The van der Waals surface area contributed by atoms with E-state index in [2.05, 4.69) is 10.2 Å². The highest BCUT2D eigenvalue weighted by Gasteiger charge is 2.27. The summed E-state index contributed by atoms with van der Waals surface area (Å²) in [7, 11) is 0. The maximum absolute atomic E-state index is 12.3. The molecule has 0 spiro atoms. The Morgan fingerprint density at radius 3 is 2.61 bits per heavy atom. The fourth-order valence-electron chi connectivity index (χ4n) is 2.74. The number of benzene rings is 1. The second kappa shape index (κ2) is 7.38. The van der Waals surface area contributed by atoms with Crippen molar-refractivity contribution in [3.05, 3.63) is 34.4 Å². The molecule has 0 aliphatic carbocycles. The number of carbonyl (C=O) groups excluding carboxylic acids is 1. The molecule has 1 fully saturated rings. The van der Waals surface area contributed by atoms with Crippen LogP contribution in [0.1, 0.15) is 13.8 Å². The predicted octanol–water partition coefficient (Wildman–Crippen LogP) is 1.51. The zero-order valence-corrected chi connectivity index (χ0v) is 13.3. The minimum Gasteiger partial charge on any atom is -0.392 e. The van der Waals surface area contributed by atoms with Gasteiger partial charge < -0.3 is 15.3 Å². The molecule has 1 aromatic carbocycles. The molecule has 8 heteroatoms. The van der Waals surface area contributed by atoms with Crippen LogP contribution in [0.15, 0.2) is 24.3 Å². The molecule has 1 heterocycles. The van der Waals surface area contributed by atoms with E-state index in [0.717, 1.165) is 0 Å². The predicted molar refractivity (Wildman–Crippen MR) is 86.4 cm³/mol. The molecule has 1 aliphatic heterocycles. The lowest BCUT2D eigenvalue weighted by molar-refractivity contribution is -0.384. The summed E-state index contributed by atoms with van der Waals surface area (Å²) in [6.45, 7) is 6.30. The lowest BCUT2D eigenvalue weighted by atomic mass is 10.2. The molecule has 126 valence electrons. The molecule has 2 atom stereocenters. The van der Waals surface area contributed by atoms with Crippen molar-refractivity contribution in [3.8, 4) is 0 Å². The zero-order valence-electron chi connectivity index (χ0n) is 13.3. The van der Waals surface area contributed by atoms with Crippen molar-refractivity contribution in [2.24, 2.45) is 0 Å². The molecule has 0 aromatic heterocycles. The van der Waals surface area contributed by atoms with Gasteiger partial charge in [-0.05, 0) is 26.0 Å². The van der Waals surface area contributed by atoms with Crippen molar-refractivity contribution in [3.63, 3.8) is 0 Å². The minimum absolute atomic E-state index is 0.0110. The molecule has 1 aromatic rings. The number of nitrogens with zero attached hydrogens (tertiary/aromatic N) is 3. The molecule has 2 N–H and O–H groups in total. The average molecular weight is 322 g/mol. The van der Waals surface area contributed by atoms with Gasteiger partial charge in [0.15, 0.2) is 0 Å². The van der Waals surface area contributed by atoms with Crippen LogP contribution in [0.4, 0.5) is 16.2 Å². The van der Waals surface area contributed by atoms with Crippen molar-refractivity contribution >= 4 is 17.4 Å². The summed E-state index contributed by atoms with van der Waals surface area (Å²) >= 11 is 0. The smallest absolute Gasteiger partial charge is 0.322 e. The zero-order chi connectivity index (χ0) is 17.0. The van der Waals surface area contributed by atoms with Gasteiger partial charge >= 0.3 is 6.03 Å². The van der Waals surface area contributed by atoms with Crippen LogP contribution < -0.4 is 5.32 Å². The highest BCUT2D eigenvalue weighted by atomic mass is 16.6. The van der Waals surface area contributed by atoms with Crippen molar-refractivity contribution in [2.75, 3.05) is 31.5 Å². The number of piperazine rings is 1. The van der Waals surface area contributed by atoms with Gasteiger partial charge in [0, 0.05) is 50.0 Å². The number of carbonyl (C=O) groups is 1. The largest absolute Gasteiger partial charge is 0.392 e. The molecule has 0 saturated carbocycles. The molecule has 8 nitrogen and oxygen atoms in total. The Hall–Kier alpha value is -2.19. The van der Waals surface area contributed by atoms with E-state index in [1.165, 1.54) is 24.3 Å². The quantitative estimate of drug-likeness (QED) is 0.647. The third kappa shape index (κ3) is 4.64. The van der Waals surface area contributed by atoms with Gasteiger partial charge in [0.25, 0.3) is 5.69 Å². The molecule has 0 radical (unpaired) electrons. The van der Waals surface area contributed by atoms with E-state index in [4.69, 9.17) is 0 Å². The number of aliphatic hydroxyl groups is 1. The number of β-amino-alcohol motifs (C(OH)–C–C–N with tert-alkyl or cyclic N) is 1. The number of nitro groups is 1. The number of nitrogens with one attached hydrogen (secondary N) is 1. The summed E-state index contributed by atoms with van der Waals surface area (Å²) in [6.07, 6.45) is -0.386. The average Bonchev–Trinajstić information content (AvgIpc) is 2.47. The first-order chi connectivity index (χ1) is 10.9. The van der Waals surface area contributed by atoms with Crippen molar-refractivity contribution < 1.29 is 14.8 Å². The fraction of sp³-hybridized carbons (Fsp3) is 0.533. The summed E-state index contributed by atoms with van der Waals surface area (Å²) < 4.78 is 0. The number of nitro benzene ring substituents is 1. The third-order valence-corrected chi connectivity index (χ3v) is 3.82. The molecule has 23 heavy (non-hydrogen) atoms. The van der Waals surface area contributed by atoms with E-state index in [0.29, 0.717) is 31.9 Å². The van der Waals surface area contributed by atoms with E-state index in [-0.39, 0.29) is 23.9 Å². The van der Waals surface area contributed by atoms with Gasteiger partial charge in [0.1, 0.15) is 0 Å². The molecule has 0 bridgehead atoms. The number of rotatable bonds is 4. The van der Waals surface area contributed by atoms with E-state index in [1.54, 1.807) is 11.8 Å². The van der Waals surface area contributed by atoms with E-state index >= 15 is 0 Å².